The molecular weight excluding hydrogens is 170 g/mol. The summed E-state index contributed by atoms with van der Waals surface area (Å²) < 4.78 is 1.98. The summed E-state index contributed by atoms with van der Waals surface area (Å²) >= 11 is 1.65. The van der Waals surface area contributed by atoms with Crippen LogP contribution >= 0.6 is 11.8 Å². The van der Waals surface area contributed by atoms with Crippen LogP contribution in [0.5, 0.6) is 0 Å². The predicted molar refractivity (Wildman–Crippen MR) is 52.3 cm³/mol. The van der Waals surface area contributed by atoms with Crippen LogP contribution < -0.4 is 5.73 Å². The van der Waals surface area contributed by atoms with Gasteiger partial charge in [-0.1, -0.05) is 0 Å². The van der Waals surface area contributed by atoms with Crippen molar-refractivity contribution >= 4 is 11.8 Å². The van der Waals surface area contributed by atoms with E-state index in [9.17, 15) is 0 Å². The molecule has 0 amide bonds. The van der Waals surface area contributed by atoms with Gasteiger partial charge in [-0.25, -0.2) is 0 Å². The molecule has 0 unspecified atom stereocenters. The first-order chi connectivity index (χ1) is 5.69. The maximum absolute atomic E-state index is 5.59. The summed E-state index contributed by atoms with van der Waals surface area (Å²) in [6.45, 7) is 4.78. The molecule has 0 spiro atoms. The Balaban J connectivity index is 3.00. The molecule has 0 aliphatic rings. The lowest BCUT2D eigenvalue weighted by atomic mass is 10.3. The summed E-state index contributed by atoms with van der Waals surface area (Å²) in [7, 11) is 0. The molecule has 1 aromatic rings. The fourth-order valence-corrected chi connectivity index (χ4v) is 1.53. The number of hydrogen-bond donors (Lipinski definition) is 1. The molecule has 0 fully saturated rings. The third-order valence-corrected chi connectivity index (χ3v) is 2.32. The van der Waals surface area contributed by atoms with E-state index in [4.69, 9.17) is 5.73 Å². The number of nitrogens with two attached hydrogens (primary N) is 1. The molecular formula is C8H15N3S. The third-order valence-electron chi connectivity index (χ3n) is 1.70. The van der Waals surface area contributed by atoms with E-state index in [-0.39, 0.29) is 0 Å². The Bertz CT molecular complexity index is 255. The first-order valence-electron chi connectivity index (χ1n) is 4.01. The normalized spacial score (nSPS) is 11.1. The summed E-state index contributed by atoms with van der Waals surface area (Å²) in [5.74, 6) is 0. The van der Waals surface area contributed by atoms with Crippen LogP contribution in [0, 0.1) is 0 Å². The minimum absolute atomic E-state index is 0.393. The Hall–Kier alpha value is -0.480. The maximum atomic E-state index is 5.59. The van der Waals surface area contributed by atoms with Crippen molar-refractivity contribution in [2.75, 3.05) is 6.26 Å². The minimum atomic E-state index is 0.393. The van der Waals surface area contributed by atoms with Crippen LogP contribution in [-0.4, -0.2) is 16.0 Å². The van der Waals surface area contributed by atoms with E-state index in [1.54, 1.807) is 11.8 Å². The van der Waals surface area contributed by atoms with Gasteiger partial charge in [0, 0.05) is 12.6 Å². The summed E-state index contributed by atoms with van der Waals surface area (Å²) in [6, 6.07) is 2.44. The summed E-state index contributed by atoms with van der Waals surface area (Å²) in [6.07, 6.45) is 2.02. The molecule has 0 aliphatic heterocycles. The van der Waals surface area contributed by atoms with Gasteiger partial charge in [-0.2, -0.15) is 5.10 Å². The van der Waals surface area contributed by atoms with Crippen molar-refractivity contribution in [2.45, 2.75) is 31.5 Å². The molecule has 0 radical (unpaired) electrons. The van der Waals surface area contributed by atoms with Crippen LogP contribution in [0.25, 0.3) is 0 Å². The fourth-order valence-electron chi connectivity index (χ4n) is 1.11. The van der Waals surface area contributed by atoms with E-state index in [1.807, 2.05) is 17.0 Å². The molecule has 68 valence electrons. The Kier molecular flexibility index (Phi) is 3.17. The highest BCUT2D eigenvalue weighted by atomic mass is 32.2. The molecule has 1 heterocycles. The number of aromatic nitrogens is 2. The Morgan fingerprint density at radius 2 is 2.33 bits per heavy atom. The second-order valence-corrected chi connectivity index (χ2v) is 3.75. The molecule has 3 nitrogen and oxygen atoms in total. The van der Waals surface area contributed by atoms with E-state index >= 15 is 0 Å². The number of hydrogen-bond acceptors (Lipinski definition) is 3. The second kappa shape index (κ2) is 3.96. The van der Waals surface area contributed by atoms with E-state index in [1.165, 1.54) is 0 Å². The molecule has 0 saturated heterocycles. The van der Waals surface area contributed by atoms with Crippen molar-refractivity contribution in [3.05, 3.63) is 11.8 Å². The van der Waals surface area contributed by atoms with Crippen LogP contribution in [0.4, 0.5) is 0 Å². The third kappa shape index (κ3) is 1.81. The van der Waals surface area contributed by atoms with Gasteiger partial charge in [-0.3, -0.25) is 4.68 Å². The number of rotatable bonds is 3. The lowest BCUT2D eigenvalue weighted by molar-refractivity contribution is 0.501. The van der Waals surface area contributed by atoms with Crippen molar-refractivity contribution in [3.63, 3.8) is 0 Å². The van der Waals surface area contributed by atoms with Gasteiger partial charge in [0.25, 0.3) is 0 Å². The number of thioether (sulfide) groups is 1. The zero-order chi connectivity index (χ0) is 9.14. The van der Waals surface area contributed by atoms with Crippen molar-refractivity contribution < 1.29 is 0 Å². The number of nitrogens with zero attached hydrogens (tertiary/aromatic N) is 2. The molecule has 0 bridgehead atoms. The average Bonchev–Trinajstić information content (AvgIpc) is 2.47. The van der Waals surface area contributed by atoms with E-state index in [2.05, 4.69) is 18.9 Å². The topological polar surface area (TPSA) is 43.8 Å². The fraction of sp³-hybridized carbons (Fsp3) is 0.625. The molecule has 0 aliphatic carbocycles. The van der Waals surface area contributed by atoms with Gasteiger partial charge in [-0.05, 0) is 26.2 Å². The Labute approximate surface area is 77.3 Å². The highest BCUT2D eigenvalue weighted by molar-refractivity contribution is 7.98. The van der Waals surface area contributed by atoms with Crippen LogP contribution in [0.15, 0.2) is 11.1 Å². The first-order valence-corrected chi connectivity index (χ1v) is 5.24. The zero-order valence-electron chi connectivity index (χ0n) is 7.74. The van der Waals surface area contributed by atoms with Crippen molar-refractivity contribution in [3.8, 4) is 0 Å². The SMILES string of the molecule is CSc1cc(CN)n(C(C)C)n1. The molecule has 2 N–H and O–H groups in total. The van der Waals surface area contributed by atoms with Crippen LogP contribution in [0.2, 0.25) is 0 Å². The highest BCUT2D eigenvalue weighted by Gasteiger charge is 2.07. The van der Waals surface area contributed by atoms with Gasteiger partial charge in [0.15, 0.2) is 0 Å². The first kappa shape index (κ1) is 9.61. The Morgan fingerprint density at radius 3 is 2.67 bits per heavy atom. The molecule has 12 heavy (non-hydrogen) atoms. The lowest BCUT2D eigenvalue weighted by Gasteiger charge is -2.08. The van der Waals surface area contributed by atoms with Crippen LogP contribution in [0.1, 0.15) is 25.6 Å². The van der Waals surface area contributed by atoms with Gasteiger partial charge in [0.1, 0.15) is 5.03 Å². The summed E-state index contributed by atoms with van der Waals surface area (Å²) in [4.78, 5) is 0. The standard InChI is InChI=1S/C8H15N3S/c1-6(2)11-7(5-9)4-8(10-11)12-3/h4,6H,5,9H2,1-3H3. The smallest absolute Gasteiger partial charge is 0.118 e. The van der Waals surface area contributed by atoms with Gasteiger partial charge in [0.2, 0.25) is 0 Å². The lowest BCUT2D eigenvalue weighted by Crippen LogP contribution is -2.10. The quantitative estimate of drug-likeness (QED) is 0.728. The predicted octanol–water partition coefficient (Wildman–Crippen LogP) is 1.64. The van der Waals surface area contributed by atoms with Gasteiger partial charge >= 0.3 is 0 Å². The maximum Gasteiger partial charge on any atom is 0.118 e. The molecule has 0 saturated carbocycles. The van der Waals surface area contributed by atoms with E-state index in [0.29, 0.717) is 12.6 Å². The van der Waals surface area contributed by atoms with Crippen molar-refractivity contribution in [1.29, 1.82) is 0 Å². The van der Waals surface area contributed by atoms with E-state index in [0.717, 1.165) is 10.7 Å². The second-order valence-electron chi connectivity index (χ2n) is 2.92. The van der Waals surface area contributed by atoms with Gasteiger partial charge in [-0.15, -0.1) is 11.8 Å². The average molecular weight is 185 g/mol. The Morgan fingerprint density at radius 1 is 1.67 bits per heavy atom. The zero-order valence-corrected chi connectivity index (χ0v) is 8.56. The van der Waals surface area contributed by atoms with Crippen LogP contribution in [-0.2, 0) is 6.54 Å². The molecule has 0 aromatic carbocycles. The van der Waals surface area contributed by atoms with Gasteiger partial charge in [0.05, 0.1) is 5.69 Å². The minimum Gasteiger partial charge on any atom is -0.325 e. The molecule has 4 heteroatoms. The van der Waals surface area contributed by atoms with E-state index < -0.39 is 0 Å². The monoisotopic (exact) mass is 185 g/mol. The summed E-state index contributed by atoms with van der Waals surface area (Å²) in [5, 5.41) is 5.44. The molecule has 0 atom stereocenters. The highest BCUT2D eigenvalue weighted by Crippen LogP contribution is 2.17. The largest absolute Gasteiger partial charge is 0.325 e. The van der Waals surface area contributed by atoms with Crippen molar-refractivity contribution in [1.82, 2.24) is 9.78 Å². The molecule has 1 aromatic heterocycles. The van der Waals surface area contributed by atoms with Crippen molar-refractivity contribution in [2.24, 2.45) is 5.73 Å². The van der Waals surface area contributed by atoms with Gasteiger partial charge < -0.3 is 5.73 Å². The van der Waals surface area contributed by atoms with Crippen LogP contribution in [0.3, 0.4) is 0 Å². The summed E-state index contributed by atoms with van der Waals surface area (Å²) in [5.41, 5.74) is 6.69. The molecule has 1 rings (SSSR count).